The van der Waals surface area contributed by atoms with Crippen molar-refractivity contribution >= 4 is 0 Å². The minimum atomic E-state index is -0.232. The lowest BCUT2D eigenvalue weighted by Gasteiger charge is -2.23. The zero-order valence-electron chi connectivity index (χ0n) is 12.2. The first-order valence-corrected chi connectivity index (χ1v) is 7.62. The maximum Gasteiger partial charge on any atom is 0.127 e. The molecule has 1 saturated carbocycles. The van der Waals surface area contributed by atoms with Crippen molar-refractivity contribution < 1.29 is 4.39 Å². The molecule has 0 aromatic heterocycles. The summed E-state index contributed by atoms with van der Waals surface area (Å²) in [6, 6.07) is 7.00. The van der Waals surface area contributed by atoms with Crippen LogP contribution in [0.1, 0.15) is 56.6 Å². The highest BCUT2D eigenvalue weighted by Crippen LogP contribution is 2.25. The lowest BCUT2D eigenvalue weighted by Crippen LogP contribution is -2.33. The van der Waals surface area contributed by atoms with Gasteiger partial charge in [0.15, 0.2) is 0 Å². The third kappa shape index (κ3) is 4.05. The summed E-state index contributed by atoms with van der Waals surface area (Å²) in [7, 11) is 0. The molecule has 2 rings (SSSR count). The number of benzene rings is 1. The third-order valence-corrected chi connectivity index (χ3v) is 4.40. The first kappa shape index (κ1) is 15.0. The summed E-state index contributed by atoms with van der Waals surface area (Å²) < 4.78 is 13.7. The topological polar surface area (TPSA) is 35.8 Å². The quantitative estimate of drug-likeness (QED) is 0.837. The zero-order chi connectivity index (χ0) is 14.4. The molecule has 0 saturated heterocycles. The normalized spacial score (nSPS) is 18.2. The molecule has 1 aliphatic carbocycles. The van der Waals surface area contributed by atoms with E-state index in [2.05, 4.69) is 18.3 Å². The van der Waals surface area contributed by atoms with Crippen molar-refractivity contribution in [3.8, 4) is 6.07 Å². The number of nitriles is 1. The Balaban J connectivity index is 1.92. The Morgan fingerprint density at radius 1 is 1.30 bits per heavy atom. The van der Waals surface area contributed by atoms with Crippen molar-refractivity contribution in [2.24, 2.45) is 5.92 Å². The largest absolute Gasteiger partial charge is 0.310 e. The fourth-order valence-electron chi connectivity index (χ4n) is 3.03. The molecule has 0 heterocycles. The lowest BCUT2D eigenvalue weighted by molar-refractivity contribution is 0.335. The molecule has 3 heteroatoms. The van der Waals surface area contributed by atoms with Gasteiger partial charge < -0.3 is 5.32 Å². The summed E-state index contributed by atoms with van der Waals surface area (Å²) in [4.78, 5) is 0. The van der Waals surface area contributed by atoms with E-state index < -0.39 is 0 Å². The van der Waals surface area contributed by atoms with Crippen LogP contribution < -0.4 is 5.32 Å². The Bertz CT molecular complexity index is 470. The first-order chi connectivity index (χ1) is 9.70. The number of nitrogens with one attached hydrogen (secondary N) is 1. The van der Waals surface area contributed by atoms with Gasteiger partial charge >= 0.3 is 0 Å². The van der Waals surface area contributed by atoms with Crippen molar-refractivity contribution in [2.45, 2.75) is 58.0 Å². The molecule has 0 unspecified atom stereocenters. The Labute approximate surface area is 121 Å². The summed E-state index contributed by atoms with van der Waals surface area (Å²) in [6.45, 7) is 2.70. The van der Waals surface area contributed by atoms with E-state index in [0.717, 1.165) is 0 Å². The first-order valence-electron chi connectivity index (χ1n) is 7.62. The Hall–Kier alpha value is -1.40. The summed E-state index contributed by atoms with van der Waals surface area (Å²) in [5.41, 5.74) is 1.11. The average molecular weight is 274 g/mol. The monoisotopic (exact) mass is 274 g/mol. The van der Waals surface area contributed by atoms with Crippen molar-refractivity contribution in [3.63, 3.8) is 0 Å². The molecule has 0 spiro atoms. The van der Waals surface area contributed by atoms with Gasteiger partial charge in [-0.2, -0.15) is 5.26 Å². The van der Waals surface area contributed by atoms with Crippen molar-refractivity contribution in [1.82, 2.24) is 5.32 Å². The summed E-state index contributed by atoms with van der Waals surface area (Å²) >= 11 is 0. The van der Waals surface area contributed by atoms with E-state index in [1.807, 2.05) is 0 Å². The highest BCUT2D eigenvalue weighted by molar-refractivity contribution is 5.33. The second-order valence-electron chi connectivity index (χ2n) is 5.84. The number of nitrogens with zero attached hydrogens (tertiary/aromatic N) is 1. The molecular weight excluding hydrogens is 251 g/mol. The second kappa shape index (κ2) is 7.40. The van der Waals surface area contributed by atoms with E-state index in [0.29, 0.717) is 29.6 Å². The molecule has 0 radical (unpaired) electrons. The van der Waals surface area contributed by atoms with Crippen LogP contribution in [0.15, 0.2) is 18.2 Å². The molecule has 1 aromatic rings. The average Bonchev–Trinajstić information content (AvgIpc) is 2.75. The van der Waals surface area contributed by atoms with Crippen LogP contribution in [-0.4, -0.2) is 6.04 Å². The SMILES string of the molecule is C[C@@H](NCc1cc(C#N)ccc1F)C1CCCCCC1. The van der Waals surface area contributed by atoms with Crippen LogP contribution in [0.2, 0.25) is 0 Å². The van der Waals surface area contributed by atoms with Crippen LogP contribution in [0.5, 0.6) is 0 Å². The molecule has 108 valence electrons. The summed E-state index contributed by atoms with van der Waals surface area (Å²) in [5, 5.41) is 12.3. The molecule has 1 aliphatic rings. The molecule has 1 N–H and O–H groups in total. The molecule has 0 amide bonds. The van der Waals surface area contributed by atoms with Crippen LogP contribution in [0.3, 0.4) is 0 Å². The highest BCUT2D eigenvalue weighted by Gasteiger charge is 2.18. The molecule has 1 fully saturated rings. The predicted octanol–water partition coefficient (Wildman–Crippen LogP) is 4.15. The van der Waals surface area contributed by atoms with Gasteiger partial charge in [0.2, 0.25) is 0 Å². The van der Waals surface area contributed by atoms with Crippen molar-refractivity contribution in [3.05, 3.63) is 35.1 Å². The van der Waals surface area contributed by atoms with Gasteiger partial charge in [-0.25, -0.2) is 4.39 Å². The fourth-order valence-corrected chi connectivity index (χ4v) is 3.03. The van der Waals surface area contributed by atoms with Gasteiger partial charge in [0, 0.05) is 18.2 Å². The van der Waals surface area contributed by atoms with Gasteiger partial charge in [0.05, 0.1) is 11.6 Å². The van der Waals surface area contributed by atoms with Crippen LogP contribution in [-0.2, 0) is 6.54 Å². The highest BCUT2D eigenvalue weighted by atomic mass is 19.1. The second-order valence-corrected chi connectivity index (χ2v) is 5.84. The van der Waals surface area contributed by atoms with Crippen molar-refractivity contribution in [2.75, 3.05) is 0 Å². The Morgan fingerprint density at radius 3 is 2.65 bits per heavy atom. The van der Waals surface area contributed by atoms with E-state index >= 15 is 0 Å². The van der Waals surface area contributed by atoms with E-state index in [1.165, 1.54) is 50.7 Å². The van der Waals surface area contributed by atoms with Gasteiger partial charge in [0.25, 0.3) is 0 Å². The lowest BCUT2D eigenvalue weighted by atomic mass is 9.93. The maximum absolute atomic E-state index is 13.7. The van der Waals surface area contributed by atoms with Gasteiger partial charge in [-0.3, -0.25) is 0 Å². The Kier molecular flexibility index (Phi) is 5.55. The standard InChI is InChI=1S/C17H23FN2/c1-13(15-6-4-2-3-5-7-15)20-12-16-10-14(11-19)8-9-17(16)18/h8-10,13,15,20H,2-7,12H2,1H3/t13-/m1/s1. The van der Waals surface area contributed by atoms with Crippen LogP contribution >= 0.6 is 0 Å². The van der Waals surface area contributed by atoms with Gasteiger partial charge in [-0.05, 0) is 43.9 Å². The van der Waals surface area contributed by atoms with Crippen molar-refractivity contribution in [1.29, 1.82) is 5.26 Å². The number of rotatable bonds is 4. The van der Waals surface area contributed by atoms with E-state index in [-0.39, 0.29) is 5.82 Å². The fraction of sp³-hybridized carbons (Fsp3) is 0.588. The smallest absolute Gasteiger partial charge is 0.127 e. The molecule has 0 bridgehead atoms. The minimum absolute atomic E-state index is 0.232. The summed E-state index contributed by atoms with van der Waals surface area (Å²) in [6.07, 6.45) is 7.87. The summed E-state index contributed by atoms with van der Waals surface area (Å²) in [5.74, 6) is 0.462. The molecule has 1 atom stereocenters. The Morgan fingerprint density at radius 2 is 2.00 bits per heavy atom. The number of hydrogen-bond acceptors (Lipinski definition) is 2. The van der Waals surface area contributed by atoms with Gasteiger partial charge in [0.1, 0.15) is 5.82 Å². The maximum atomic E-state index is 13.7. The van der Waals surface area contributed by atoms with E-state index in [1.54, 1.807) is 6.07 Å². The zero-order valence-corrected chi connectivity index (χ0v) is 12.2. The number of halogens is 1. The van der Waals surface area contributed by atoms with Crippen LogP contribution in [0.25, 0.3) is 0 Å². The molecule has 20 heavy (non-hydrogen) atoms. The molecule has 1 aromatic carbocycles. The molecule has 2 nitrogen and oxygen atoms in total. The van der Waals surface area contributed by atoms with Gasteiger partial charge in [-0.1, -0.05) is 25.7 Å². The van der Waals surface area contributed by atoms with E-state index in [4.69, 9.17) is 5.26 Å². The minimum Gasteiger partial charge on any atom is -0.310 e. The van der Waals surface area contributed by atoms with Crippen LogP contribution in [0, 0.1) is 23.1 Å². The third-order valence-electron chi connectivity index (χ3n) is 4.40. The molecule has 0 aliphatic heterocycles. The van der Waals surface area contributed by atoms with E-state index in [9.17, 15) is 4.39 Å². The predicted molar refractivity (Wildman–Crippen MR) is 78.6 cm³/mol. The van der Waals surface area contributed by atoms with Crippen LogP contribution in [0.4, 0.5) is 4.39 Å². The molecular formula is C17H23FN2. The van der Waals surface area contributed by atoms with Gasteiger partial charge in [-0.15, -0.1) is 0 Å². The number of hydrogen-bond donors (Lipinski definition) is 1.